The number of morpholine rings is 1. The molecule has 11 nitrogen and oxygen atoms in total. The highest BCUT2D eigenvalue weighted by Crippen LogP contribution is 2.34. The Hall–Kier alpha value is -4.81. The van der Waals surface area contributed by atoms with Crippen molar-refractivity contribution in [1.82, 2.24) is 4.90 Å². The van der Waals surface area contributed by atoms with Gasteiger partial charge < -0.3 is 29.7 Å². The van der Waals surface area contributed by atoms with E-state index in [-0.39, 0.29) is 17.4 Å². The number of rotatable bonds is 10. The van der Waals surface area contributed by atoms with Crippen LogP contribution in [0.5, 0.6) is 11.5 Å². The molecule has 2 fully saturated rings. The van der Waals surface area contributed by atoms with Crippen molar-refractivity contribution >= 4 is 57.9 Å². The van der Waals surface area contributed by atoms with Crippen molar-refractivity contribution in [2.24, 2.45) is 0 Å². The van der Waals surface area contributed by atoms with Gasteiger partial charge in [0.1, 0.15) is 6.54 Å². The molecule has 0 aromatic heterocycles. The molecule has 4 amide bonds. The maximum Gasteiger partial charge on any atom is 0.294 e. The third-order valence-corrected chi connectivity index (χ3v) is 7.87. The maximum atomic E-state index is 13.0. The SMILES string of the molecule is COc1cc(/C=C2\SC(=O)N(CC(=O)Nc3ccc(N4CCOCC4)cc3)C2=O)ccc1OCC(=O)Nc1ccccc1C. The fourth-order valence-electron chi connectivity index (χ4n) is 4.64. The number of carbonyl (C=O) groups is 4. The quantitative estimate of drug-likeness (QED) is 0.316. The van der Waals surface area contributed by atoms with Crippen LogP contribution in [-0.2, 0) is 19.1 Å². The van der Waals surface area contributed by atoms with E-state index in [1.165, 1.54) is 7.11 Å². The average molecular weight is 617 g/mol. The molecule has 2 aliphatic rings. The van der Waals surface area contributed by atoms with Gasteiger partial charge in [0, 0.05) is 30.2 Å². The van der Waals surface area contributed by atoms with Gasteiger partial charge in [-0.3, -0.25) is 24.1 Å². The number of para-hydroxylation sites is 1. The molecule has 0 aliphatic carbocycles. The van der Waals surface area contributed by atoms with Crippen LogP contribution >= 0.6 is 11.8 Å². The molecule has 12 heteroatoms. The van der Waals surface area contributed by atoms with E-state index in [2.05, 4.69) is 15.5 Å². The lowest BCUT2D eigenvalue weighted by atomic mass is 10.2. The molecule has 228 valence electrons. The fraction of sp³-hybridized carbons (Fsp3) is 0.250. The highest BCUT2D eigenvalue weighted by molar-refractivity contribution is 8.18. The number of anilines is 3. The van der Waals surface area contributed by atoms with E-state index < -0.39 is 23.6 Å². The molecule has 3 aromatic rings. The Labute approximate surface area is 259 Å². The smallest absolute Gasteiger partial charge is 0.294 e. The van der Waals surface area contributed by atoms with Crippen molar-refractivity contribution in [2.75, 3.05) is 62.1 Å². The Kier molecular flexibility index (Phi) is 9.82. The molecular weight excluding hydrogens is 584 g/mol. The number of thioether (sulfide) groups is 1. The molecule has 2 heterocycles. The van der Waals surface area contributed by atoms with E-state index in [1.807, 2.05) is 43.3 Å². The van der Waals surface area contributed by atoms with Crippen LogP contribution in [-0.4, -0.2) is 74.4 Å². The van der Waals surface area contributed by atoms with Crippen molar-refractivity contribution in [2.45, 2.75) is 6.92 Å². The number of methoxy groups -OCH3 is 1. The molecule has 0 unspecified atom stereocenters. The van der Waals surface area contributed by atoms with Crippen LogP contribution in [0, 0.1) is 6.92 Å². The first kappa shape index (κ1) is 30.6. The summed E-state index contributed by atoms with van der Waals surface area (Å²) in [7, 11) is 1.46. The number of hydrogen-bond acceptors (Lipinski definition) is 9. The Morgan fingerprint density at radius 3 is 2.43 bits per heavy atom. The van der Waals surface area contributed by atoms with Crippen molar-refractivity contribution in [1.29, 1.82) is 0 Å². The van der Waals surface area contributed by atoms with Gasteiger partial charge in [0.05, 0.1) is 25.2 Å². The summed E-state index contributed by atoms with van der Waals surface area (Å²) in [6.07, 6.45) is 1.55. The number of aryl methyl sites for hydroxylation is 1. The molecule has 2 saturated heterocycles. The zero-order valence-electron chi connectivity index (χ0n) is 24.3. The minimum Gasteiger partial charge on any atom is -0.493 e. The number of hydrogen-bond donors (Lipinski definition) is 2. The van der Waals surface area contributed by atoms with Gasteiger partial charge in [-0.1, -0.05) is 24.3 Å². The second kappa shape index (κ2) is 14.1. The average Bonchev–Trinajstić information content (AvgIpc) is 3.29. The van der Waals surface area contributed by atoms with Gasteiger partial charge in [-0.05, 0) is 78.4 Å². The van der Waals surface area contributed by atoms with Gasteiger partial charge in [0.25, 0.3) is 17.1 Å². The molecule has 44 heavy (non-hydrogen) atoms. The zero-order chi connectivity index (χ0) is 31.1. The second-order valence-corrected chi connectivity index (χ2v) is 11.0. The van der Waals surface area contributed by atoms with Gasteiger partial charge in [-0.25, -0.2) is 0 Å². The molecular formula is C32H32N4O7S. The van der Waals surface area contributed by atoms with Gasteiger partial charge >= 0.3 is 0 Å². The Balaban J connectivity index is 1.17. The topological polar surface area (TPSA) is 127 Å². The molecule has 2 N–H and O–H groups in total. The molecule has 0 spiro atoms. The summed E-state index contributed by atoms with van der Waals surface area (Å²) in [5, 5.41) is 5.02. The lowest BCUT2D eigenvalue weighted by Gasteiger charge is -2.28. The Morgan fingerprint density at radius 2 is 1.70 bits per heavy atom. The van der Waals surface area contributed by atoms with Crippen molar-refractivity contribution in [3.05, 3.63) is 82.8 Å². The standard InChI is InChI=1S/C32H32N4O7S/c1-21-5-3-4-6-25(21)34-30(38)20-43-26-12-7-22(17-27(26)41-2)18-28-31(39)36(32(40)44-28)19-29(37)33-23-8-10-24(11-9-23)35-13-15-42-16-14-35/h3-12,17-18H,13-16,19-20H2,1-2H3,(H,33,37)(H,34,38)/b28-18-. The molecule has 3 aromatic carbocycles. The lowest BCUT2D eigenvalue weighted by molar-refractivity contribution is -0.127. The van der Waals surface area contributed by atoms with Gasteiger partial charge in [-0.15, -0.1) is 0 Å². The molecule has 0 radical (unpaired) electrons. The van der Waals surface area contributed by atoms with Crippen LogP contribution in [0.4, 0.5) is 21.9 Å². The van der Waals surface area contributed by atoms with E-state index in [9.17, 15) is 19.2 Å². The zero-order valence-corrected chi connectivity index (χ0v) is 25.1. The summed E-state index contributed by atoms with van der Waals surface area (Å²) in [5.41, 5.74) is 3.81. The maximum absolute atomic E-state index is 13.0. The normalized spacial score (nSPS) is 15.8. The summed E-state index contributed by atoms with van der Waals surface area (Å²) in [5.74, 6) is -0.687. The number of ether oxygens (including phenoxy) is 3. The summed E-state index contributed by atoms with van der Waals surface area (Å²) >= 11 is 0.754. The number of carbonyl (C=O) groups excluding carboxylic acids is 4. The van der Waals surface area contributed by atoms with Crippen molar-refractivity contribution in [3.8, 4) is 11.5 Å². The van der Waals surface area contributed by atoms with Crippen LogP contribution in [0.15, 0.2) is 71.6 Å². The number of nitrogens with one attached hydrogen (secondary N) is 2. The van der Waals surface area contributed by atoms with Crippen LogP contribution in [0.25, 0.3) is 6.08 Å². The molecule has 2 aliphatic heterocycles. The summed E-state index contributed by atoms with van der Waals surface area (Å²) in [4.78, 5) is 54.0. The van der Waals surface area contributed by atoms with Gasteiger partial charge in [0.2, 0.25) is 5.91 Å². The fourth-order valence-corrected chi connectivity index (χ4v) is 5.48. The van der Waals surface area contributed by atoms with E-state index in [0.29, 0.717) is 41.7 Å². The minimum absolute atomic E-state index is 0.172. The van der Waals surface area contributed by atoms with Gasteiger partial charge in [-0.2, -0.15) is 0 Å². The van der Waals surface area contributed by atoms with E-state index in [0.717, 1.165) is 41.0 Å². The Bertz CT molecular complexity index is 1590. The lowest BCUT2D eigenvalue weighted by Crippen LogP contribution is -2.36. The molecule has 5 rings (SSSR count). The van der Waals surface area contributed by atoms with Crippen LogP contribution in [0.3, 0.4) is 0 Å². The van der Waals surface area contributed by atoms with E-state index in [4.69, 9.17) is 14.2 Å². The predicted octanol–water partition coefficient (Wildman–Crippen LogP) is 4.53. The number of nitrogens with zero attached hydrogens (tertiary/aromatic N) is 2. The third-order valence-electron chi connectivity index (χ3n) is 6.97. The summed E-state index contributed by atoms with van der Waals surface area (Å²) in [6, 6.07) is 19.8. The predicted molar refractivity (Wildman–Crippen MR) is 169 cm³/mol. The van der Waals surface area contributed by atoms with E-state index >= 15 is 0 Å². The first-order chi connectivity index (χ1) is 21.3. The Morgan fingerprint density at radius 1 is 0.955 bits per heavy atom. The van der Waals surface area contributed by atoms with E-state index in [1.54, 1.807) is 36.4 Å². The van der Waals surface area contributed by atoms with Crippen molar-refractivity contribution in [3.63, 3.8) is 0 Å². The number of benzene rings is 3. The minimum atomic E-state index is -0.565. The number of imide groups is 1. The molecule has 0 bridgehead atoms. The first-order valence-corrected chi connectivity index (χ1v) is 14.8. The first-order valence-electron chi connectivity index (χ1n) is 13.9. The summed E-state index contributed by atoms with van der Waals surface area (Å²) in [6.45, 7) is 4.21. The highest BCUT2D eigenvalue weighted by atomic mass is 32.2. The van der Waals surface area contributed by atoms with Crippen LogP contribution in [0.1, 0.15) is 11.1 Å². The summed E-state index contributed by atoms with van der Waals surface area (Å²) < 4.78 is 16.5. The molecule has 0 saturated carbocycles. The van der Waals surface area contributed by atoms with Crippen LogP contribution < -0.4 is 25.0 Å². The second-order valence-electron chi connectivity index (χ2n) is 10.0. The highest BCUT2D eigenvalue weighted by Gasteiger charge is 2.36. The van der Waals surface area contributed by atoms with Gasteiger partial charge in [0.15, 0.2) is 18.1 Å². The van der Waals surface area contributed by atoms with Crippen molar-refractivity contribution < 1.29 is 33.4 Å². The number of amides is 4. The largest absolute Gasteiger partial charge is 0.493 e. The van der Waals surface area contributed by atoms with Crippen LogP contribution in [0.2, 0.25) is 0 Å². The molecule has 0 atom stereocenters. The monoisotopic (exact) mass is 616 g/mol. The third kappa shape index (κ3) is 7.57.